The summed E-state index contributed by atoms with van der Waals surface area (Å²) in [6, 6.07) is 15.7. The number of nitrogens with zero attached hydrogens (tertiary/aromatic N) is 2. The number of nitrogens with one attached hydrogen (secondary N) is 1. The maximum absolute atomic E-state index is 13.9. The maximum atomic E-state index is 13.9. The lowest BCUT2D eigenvalue weighted by atomic mass is 9.95. The second-order valence-electron chi connectivity index (χ2n) is 10.8. The molecule has 10 heteroatoms. The standard InChI is InChI=1S/C33H36ClN3O6/c1-19(2)13-15-43-26-11-7-21(17-28(26)42-5)32-29-30(23-18-22(34)8-9-24(23)38)35-36-31(29)33(39)37(32)14-12-20-6-10-25(40-3)27(16-20)41-4/h6-11,16-19,32,38H,12-15H2,1-5H3,(H,35,36). The Kier molecular flexibility index (Phi) is 9.01. The van der Waals surface area contributed by atoms with Gasteiger partial charge >= 0.3 is 0 Å². The molecule has 1 atom stereocenters. The molecule has 2 heterocycles. The molecule has 4 aromatic rings. The van der Waals surface area contributed by atoms with Crippen molar-refractivity contribution in [2.75, 3.05) is 34.5 Å². The van der Waals surface area contributed by atoms with Crippen LogP contribution in [0.4, 0.5) is 0 Å². The number of amides is 1. The number of carbonyl (C=O) groups is 1. The number of phenolic OH excluding ortho intramolecular Hbond substituents is 1. The molecule has 0 spiro atoms. The van der Waals surface area contributed by atoms with Crippen LogP contribution in [0.5, 0.6) is 28.7 Å². The zero-order valence-electron chi connectivity index (χ0n) is 24.9. The molecular formula is C33H36ClN3O6. The number of rotatable bonds is 12. The number of ether oxygens (including phenoxy) is 4. The highest BCUT2D eigenvalue weighted by atomic mass is 35.5. The molecule has 0 fully saturated rings. The summed E-state index contributed by atoms with van der Waals surface area (Å²) in [7, 11) is 4.79. The fourth-order valence-electron chi connectivity index (χ4n) is 5.34. The Morgan fingerprint density at radius 3 is 2.40 bits per heavy atom. The number of hydrogen-bond acceptors (Lipinski definition) is 7. The second-order valence-corrected chi connectivity index (χ2v) is 11.2. The van der Waals surface area contributed by atoms with Crippen molar-refractivity contribution >= 4 is 17.5 Å². The summed E-state index contributed by atoms with van der Waals surface area (Å²) < 4.78 is 22.6. The molecule has 9 nitrogen and oxygen atoms in total. The highest BCUT2D eigenvalue weighted by Gasteiger charge is 2.42. The summed E-state index contributed by atoms with van der Waals surface area (Å²) in [5.74, 6) is 2.78. The van der Waals surface area contributed by atoms with E-state index in [-0.39, 0.29) is 11.7 Å². The molecule has 1 unspecified atom stereocenters. The summed E-state index contributed by atoms with van der Waals surface area (Å²) in [6.45, 7) is 5.26. The zero-order valence-corrected chi connectivity index (χ0v) is 25.7. The van der Waals surface area contributed by atoms with E-state index in [4.69, 9.17) is 30.5 Å². The van der Waals surface area contributed by atoms with Crippen molar-refractivity contribution in [3.05, 3.63) is 82.0 Å². The third-order valence-electron chi connectivity index (χ3n) is 7.62. The third-order valence-corrected chi connectivity index (χ3v) is 7.86. The molecule has 43 heavy (non-hydrogen) atoms. The van der Waals surface area contributed by atoms with Gasteiger partial charge < -0.3 is 29.0 Å². The van der Waals surface area contributed by atoms with Crippen LogP contribution in [-0.2, 0) is 6.42 Å². The van der Waals surface area contributed by atoms with E-state index in [1.807, 2.05) is 36.4 Å². The average molecular weight is 606 g/mol. The van der Waals surface area contributed by atoms with Gasteiger partial charge in [-0.3, -0.25) is 9.89 Å². The number of H-pyrrole nitrogens is 1. The predicted molar refractivity (Wildman–Crippen MR) is 165 cm³/mol. The highest BCUT2D eigenvalue weighted by molar-refractivity contribution is 6.31. The van der Waals surface area contributed by atoms with Gasteiger partial charge in [0.25, 0.3) is 5.91 Å². The number of aromatic hydroxyl groups is 1. The van der Waals surface area contributed by atoms with Gasteiger partial charge in [0.15, 0.2) is 23.0 Å². The number of hydrogen-bond donors (Lipinski definition) is 2. The number of aromatic nitrogens is 2. The topological polar surface area (TPSA) is 106 Å². The van der Waals surface area contributed by atoms with Crippen LogP contribution in [0.1, 0.15) is 53.5 Å². The Morgan fingerprint density at radius 1 is 0.953 bits per heavy atom. The first kappa shape index (κ1) is 30.1. The summed E-state index contributed by atoms with van der Waals surface area (Å²) in [5.41, 5.74) is 3.71. The highest BCUT2D eigenvalue weighted by Crippen LogP contribution is 2.46. The first-order valence-electron chi connectivity index (χ1n) is 14.1. The van der Waals surface area contributed by atoms with Gasteiger partial charge in [-0.15, -0.1) is 0 Å². The summed E-state index contributed by atoms with van der Waals surface area (Å²) in [6.07, 6.45) is 1.47. The van der Waals surface area contributed by atoms with Crippen molar-refractivity contribution in [2.24, 2.45) is 5.92 Å². The molecule has 0 saturated carbocycles. The van der Waals surface area contributed by atoms with Crippen molar-refractivity contribution in [3.63, 3.8) is 0 Å². The molecule has 0 radical (unpaired) electrons. The molecule has 0 saturated heterocycles. The maximum Gasteiger partial charge on any atom is 0.273 e. The summed E-state index contributed by atoms with van der Waals surface area (Å²) in [5, 5.41) is 18.6. The molecule has 5 rings (SSSR count). The number of phenols is 1. The van der Waals surface area contributed by atoms with Gasteiger partial charge in [0, 0.05) is 22.7 Å². The van der Waals surface area contributed by atoms with Gasteiger partial charge in [0.05, 0.1) is 34.0 Å². The Hall–Kier alpha value is -4.37. The lowest BCUT2D eigenvalue weighted by Crippen LogP contribution is -2.31. The lowest BCUT2D eigenvalue weighted by molar-refractivity contribution is 0.0745. The molecule has 1 aromatic heterocycles. The number of halogens is 1. The smallest absolute Gasteiger partial charge is 0.273 e. The first-order valence-corrected chi connectivity index (χ1v) is 14.5. The Bertz CT molecular complexity index is 1620. The van der Waals surface area contributed by atoms with Crippen LogP contribution < -0.4 is 18.9 Å². The van der Waals surface area contributed by atoms with Crippen molar-refractivity contribution in [1.82, 2.24) is 15.1 Å². The van der Waals surface area contributed by atoms with Gasteiger partial charge in [0.2, 0.25) is 0 Å². The Morgan fingerprint density at radius 2 is 1.67 bits per heavy atom. The van der Waals surface area contributed by atoms with Crippen LogP contribution in [0.2, 0.25) is 5.02 Å². The van der Waals surface area contributed by atoms with E-state index in [0.29, 0.717) is 76.0 Å². The van der Waals surface area contributed by atoms with Crippen molar-refractivity contribution in [3.8, 4) is 40.0 Å². The summed E-state index contributed by atoms with van der Waals surface area (Å²) in [4.78, 5) is 15.7. The third kappa shape index (κ3) is 6.08. The van der Waals surface area contributed by atoms with E-state index < -0.39 is 6.04 Å². The second kappa shape index (κ2) is 12.9. The van der Waals surface area contributed by atoms with Crippen LogP contribution in [0.3, 0.4) is 0 Å². The van der Waals surface area contributed by atoms with E-state index >= 15 is 0 Å². The fraction of sp³-hybridized carbons (Fsp3) is 0.333. The summed E-state index contributed by atoms with van der Waals surface area (Å²) >= 11 is 6.30. The predicted octanol–water partition coefficient (Wildman–Crippen LogP) is 6.67. The molecule has 3 aromatic carbocycles. The van der Waals surface area contributed by atoms with Crippen LogP contribution >= 0.6 is 11.6 Å². The van der Waals surface area contributed by atoms with E-state index in [1.165, 1.54) is 6.07 Å². The van der Waals surface area contributed by atoms with Gasteiger partial charge in [-0.2, -0.15) is 5.10 Å². The van der Waals surface area contributed by atoms with E-state index in [1.54, 1.807) is 38.4 Å². The van der Waals surface area contributed by atoms with Gasteiger partial charge in [-0.05, 0) is 72.4 Å². The molecule has 0 bridgehead atoms. The van der Waals surface area contributed by atoms with E-state index in [2.05, 4.69) is 24.0 Å². The van der Waals surface area contributed by atoms with Gasteiger partial charge in [-0.1, -0.05) is 37.6 Å². The van der Waals surface area contributed by atoms with E-state index in [0.717, 1.165) is 17.5 Å². The Balaban J connectivity index is 1.55. The lowest BCUT2D eigenvalue weighted by Gasteiger charge is -2.27. The number of aromatic amines is 1. The molecule has 1 aliphatic rings. The van der Waals surface area contributed by atoms with Crippen molar-refractivity contribution in [1.29, 1.82) is 0 Å². The number of methoxy groups -OCH3 is 3. The quantitative estimate of drug-likeness (QED) is 0.186. The fourth-order valence-corrected chi connectivity index (χ4v) is 5.51. The van der Waals surface area contributed by atoms with Crippen LogP contribution in [0.25, 0.3) is 11.3 Å². The molecule has 2 N–H and O–H groups in total. The van der Waals surface area contributed by atoms with Crippen molar-refractivity contribution in [2.45, 2.75) is 32.7 Å². The number of fused-ring (bicyclic) bond motifs is 1. The minimum absolute atomic E-state index is 0.0140. The average Bonchev–Trinajstić information content (AvgIpc) is 3.55. The normalized spacial score (nSPS) is 14.3. The van der Waals surface area contributed by atoms with E-state index in [9.17, 15) is 9.90 Å². The van der Waals surface area contributed by atoms with Crippen LogP contribution in [-0.4, -0.2) is 60.6 Å². The van der Waals surface area contributed by atoms with Gasteiger partial charge in [-0.25, -0.2) is 0 Å². The van der Waals surface area contributed by atoms with Crippen LogP contribution in [0, 0.1) is 5.92 Å². The molecule has 0 aliphatic carbocycles. The molecule has 1 aliphatic heterocycles. The molecular weight excluding hydrogens is 570 g/mol. The minimum Gasteiger partial charge on any atom is -0.507 e. The Labute approximate surface area is 256 Å². The van der Waals surface area contributed by atoms with Crippen molar-refractivity contribution < 1.29 is 28.8 Å². The molecule has 1 amide bonds. The number of carbonyl (C=O) groups excluding carboxylic acids is 1. The first-order chi connectivity index (χ1) is 20.7. The minimum atomic E-state index is -0.520. The zero-order chi connectivity index (χ0) is 30.7. The van der Waals surface area contributed by atoms with Gasteiger partial charge in [0.1, 0.15) is 17.1 Å². The number of benzene rings is 3. The largest absolute Gasteiger partial charge is 0.507 e. The molecule has 226 valence electrons. The monoisotopic (exact) mass is 605 g/mol. The SMILES string of the molecule is COc1ccc(CCN2C(=O)c3[nH]nc(-c4cc(Cl)ccc4O)c3C2c2ccc(OCCC(C)C)c(OC)c2)cc1OC. The van der Waals surface area contributed by atoms with Crippen LogP contribution in [0.15, 0.2) is 54.6 Å².